The largest absolute Gasteiger partial charge is 0.389 e. The van der Waals surface area contributed by atoms with Gasteiger partial charge in [-0.15, -0.1) is 0 Å². The van der Waals surface area contributed by atoms with E-state index >= 15 is 0 Å². The van der Waals surface area contributed by atoms with Crippen molar-refractivity contribution in [2.75, 3.05) is 12.4 Å². The Balaban J connectivity index is 2.83. The molecule has 1 atom stereocenters. The standard InChI is InChI=1S/C8H12N2O/c1-6(11)7-3-4-8(9-2)10-5-7/h3-6,11H,1-2H3,(H,9,10)/t6-/m0/s1. The second kappa shape index (κ2) is 3.34. The Morgan fingerprint density at radius 3 is 2.64 bits per heavy atom. The number of hydrogen-bond acceptors (Lipinski definition) is 3. The normalized spacial score (nSPS) is 12.6. The zero-order valence-corrected chi connectivity index (χ0v) is 6.70. The van der Waals surface area contributed by atoms with Gasteiger partial charge in [-0.25, -0.2) is 4.98 Å². The van der Waals surface area contributed by atoms with E-state index in [1.807, 2.05) is 19.2 Å². The first-order chi connectivity index (χ1) is 5.24. The van der Waals surface area contributed by atoms with Crippen molar-refractivity contribution in [2.45, 2.75) is 13.0 Å². The molecule has 0 aliphatic rings. The van der Waals surface area contributed by atoms with Gasteiger partial charge in [0.05, 0.1) is 6.10 Å². The van der Waals surface area contributed by atoms with E-state index < -0.39 is 6.10 Å². The number of aliphatic hydroxyl groups excluding tert-OH is 1. The van der Waals surface area contributed by atoms with Crippen LogP contribution in [-0.2, 0) is 0 Å². The van der Waals surface area contributed by atoms with Crippen molar-refractivity contribution in [1.29, 1.82) is 0 Å². The van der Waals surface area contributed by atoms with Gasteiger partial charge in [0.15, 0.2) is 0 Å². The van der Waals surface area contributed by atoms with Crippen LogP contribution >= 0.6 is 0 Å². The predicted molar refractivity (Wildman–Crippen MR) is 44.4 cm³/mol. The van der Waals surface area contributed by atoms with Gasteiger partial charge < -0.3 is 10.4 Å². The van der Waals surface area contributed by atoms with Crippen molar-refractivity contribution in [3.05, 3.63) is 23.9 Å². The van der Waals surface area contributed by atoms with Gasteiger partial charge in [-0.1, -0.05) is 6.07 Å². The number of nitrogens with zero attached hydrogens (tertiary/aromatic N) is 1. The number of anilines is 1. The maximum Gasteiger partial charge on any atom is 0.125 e. The lowest BCUT2D eigenvalue weighted by Gasteiger charge is -2.04. The van der Waals surface area contributed by atoms with Crippen LogP contribution in [0.2, 0.25) is 0 Å². The highest BCUT2D eigenvalue weighted by atomic mass is 16.3. The van der Waals surface area contributed by atoms with Crippen LogP contribution in [0.15, 0.2) is 18.3 Å². The summed E-state index contributed by atoms with van der Waals surface area (Å²) in [5.41, 5.74) is 0.837. The molecular weight excluding hydrogens is 140 g/mol. The topological polar surface area (TPSA) is 45.1 Å². The lowest BCUT2D eigenvalue weighted by Crippen LogP contribution is -1.95. The van der Waals surface area contributed by atoms with E-state index in [-0.39, 0.29) is 0 Å². The fourth-order valence-electron chi connectivity index (χ4n) is 0.800. The minimum atomic E-state index is -0.437. The Morgan fingerprint density at radius 2 is 2.27 bits per heavy atom. The summed E-state index contributed by atoms with van der Waals surface area (Å²) in [6.45, 7) is 1.72. The number of aromatic nitrogens is 1. The Bertz CT molecular complexity index is 218. The van der Waals surface area contributed by atoms with Crippen molar-refractivity contribution in [2.24, 2.45) is 0 Å². The summed E-state index contributed by atoms with van der Waals surface area (Å²) < 4.78 is 0. The summed E-state index contributed by atoms with van der Waals surface area (Å²) in [6.07, 6.45) is 1.23. The van der Waals surface area contributed by atoms with E-state index in [4.69, 9.17) is 5.11 Å². The molecule has 0 unspecified atom stereocenters. The third-order valence-electron chi connectivity index (χ3n) is 1.52. The molecule has 1 heterocycles. The molecule has 0 aliphatic heterocycles. The maximum absolute atomic E-state index is 9.13. The third kappa shape index (κ3) is 1.91. The molecule has 11 heavy (non-hydrogen) atoms. The van der Waals surface area contributed by atoms with E-state index in [0.717, 1.165) is 11.4 Å². The molecule has 0 aliphatic carbocycles. The van der Waals surface area contributed by atoms with Crippen LogP contribution in [0.1, 0.15) is 18.6 Å². The summed E-state index contributed by atoms with van der Waals surface area (Å²) in [6, 6.07) is 3.69. The first-order valence-electron chi connectivity index (χ1n) is 3.56. The van der Waals surface area contributed by atoms with E-state index in [9.17, 15) is 0 Å². The molecule has 0 amide bonds. The zero-order chi connectivity index (χ0) is 8.27. The van der Waals surface area contributed by atoms with Gasteiger partial charge in [-0.2, -0.15) is 0 Å². The molecule has 0 saturated carbocycles. The highest BCUT2D eigenvalue weighted by molar-refractivity contribution is 5.34. The molecule has 0 radical (unpaired) electrons. The highest BCUT2D eigenvalue weighted by Crippen LogP contribution is 2.11. The van der Waals surface area contributed by atoms with E-state index in [1.54, 1.807) is 13.1 Å². The smallest absolute Gasteiger partial charge is 0.125 e. The molecule has 1 rings (SSSR count). The quantitative estimate of drug-likeness (QED) is 0.668. The molecule has 0 aromatic carbocycles. The summed E-state index contributed by atoms with van der Waals surface area (Å²) in [5, 5.41) is 12.0. The van der Waals surface area contributed by atoms with E-state index in [1.165, 1.54) is 0 Å². The van der Waals surface area contributed by atoms with Crippen LogP contribution in [-0.4, -0.2) is 17.1 Å². The summed E-state index contributed by atoms with van der Waals surface area (Å²) >= 11 is 0. The predicted octanol–water partition coefficient (Wildman–Crippen LogP) is 1.18. The lowest BCUT2D eigenvalue weighted by atomic mass is 10.2. The molecule has 0 bridgehead atoms. The number of rotatable bonds is 2. The third-order valence-corrected chi connectivity index (χ3v) is 1.52. The lowest BCUT2D eigenvalue weighted by molar-refractivity contribution is 0.199. The maximum atomic E-state index is 9.13. The van der Waals surface area contributed by atoms with Crippen molar-refractivity contribution < 1.29 is 5.11 Å². The summed E-state index contributed by atoms with van der Waals surface area (Å²) in [5.74, 6) is 0.814. The van der Waals surface area contributed by atoms with Gasteiger partial charge in [0, 0.05) is 13.2 Å². The fourth-order valence-corrected chi connectivity index (χ4v) is 0.800. The summed E-state index contributed by atoms with van der Waals surface area (Å²) in [7, 11) is 1.81. The second-order valence-electron chi connectivity index (χ2n) is 2.40. The van der Waals surface area contributed by atoms with Crippen LogP contribution in [0.5, 0.6) is 0 Å². The number of hydrogen-bond donors (Lipinski definition) is 2. The van der Waals surface area contributed by atoms with Gasteiger partial charge >= 0.3 is 0 Å². The average Bonchev–Trinajstić information content (AvgIpc) is 2.05. The minimum Gasteiger partial charge on any atom is -0.389 e. The fraction of sp³-hybridized carbons (Fsp3) is 0.375. The van der Waals surface area contributed by atoms with Gasteiger partial charge in [-0.3, -0.25) is 0 Å². The van der Waals surface area contributed by atoms with E-state index in [2.05, 4.69) is 10.3 Å². The molecule has 0 fully saturated rings. The Kier molecular flexibility index (Phi) is 2.44. The van der Waals surface area contributed by atoms with Crippen LogP contribution in [0.4, 0.5) is 5.82 Å². The van der Waals surface area contributed by atoms with Gasteiger partial charge in [-0.05, 0) is 18.6 Å². The molecule has 2 N–H and O–H groups in total. The molecular formula is C8H12N2O. The number of nitrogens with one attached hydrogen (secondary N) is 1. The molecule has 3 heteroatoms. The van der Waals surface area contributed by atoms with Crippen LogP contribution in [0.3, 0.4) is 0 Å². The van der Waals surface area contributed by atoms with Crippen molar-refractivity contribution >= 4 is 5.82 Å². The second-order valence-corrected chi connectivity index (χ2v) is 2.40. The van der Waals surface area contributed by atoms with Gasteiger partial charge in [0.2, 0.25) is 0 Å². The Labute approximate surface area is 66.1 Å². The molecule has 60 valence electrons. The monoisotopic (exact) mass is 152 g/mol. The van der Waals surface area contributed by atoms with Crippen molar-refractivity contribution in [1.82, 2.24) is 4.98 Å². The minimum absolute atomic E-state index is 0.437. The van der Waals surface area contributed by atoms with Crippen molar-refractivity contribution in [3.63, 3.8) is 0 Å². The number of pyridine rings is 1. The Morgan fingerprint density at radius 1 is 1.55 bits per heavy atom. The van der Waals surface area contributed by atoms with Crippen LogP contribution in [0.25, 0.3) is 0 Å². The molecule has 0 spiro atoms. The number of aliphatic hydroxyl groups is 1. The van der Waals surface area contributed by atoms with Crippen molar-refractivity contribution in [3.8, 4) is 0 Å². The zero-order valence-electron chi connectivity index (χ0n) is 6.70. The Hall–Kier alpha value is -1.09. The average molecular weight is 152 g/mol. The SMILES string of the molecule is CNc1ccc([C@H](C)O)cn1. The molecule has 1 aromatic heterocycles. The van der Waals surface area contributed by atoms with Gasteiger partial charge in [0.25, 0.3) is 0 Å². The molecule has 1 aromatic rings. The van der Waals surface area contributed by atoms with Gasteiger partial charge in [0.1, 0.15) is 5.82 Å². The molecule has 3 nitrogen and oxygen atoms in total. The van der Waals surface area contributed by atoms with Crippen LogP contribution in [0, 0.1) is 0 Å². The first kappa shape index (κ1) is 8.01. The highest BCUT2D eigenvalue weighted by Gasteiger charge is 1.99. The molecule has 0 saturated heterocycles. The van der Waals surface area contributed by atoms with Crippen LogP contribution < -0.4 is 5.32 Å². The van der Waals surface area contributed by atoms with E-state index in [0.29, 0.717) is 0 Å². The summed E-state index contributed by atoms with van der Waals surface area (Å²) in [4.78, 5) is 4.05. The first-order valence-corrected chi connectivity index (χ1v) is 3.56.